The SMILES string of the molecule is C[N+](C)(C)c1ccc(/C=C/C=C/c2ccc(O)cc2)cc1.Oc1ccccc1C1CCCCC1. The maximum Gasteiger partial charge on any atom is 0.132 e. The molecule has 0 aromatic heterocycles. The lowest BCUT2D eigenvalue weighted by molar-refractivity contribution is 0.414. The molecule has 1 aliphatic carbocycles. The number of benzene rings is 3. The molecule has 3 heteroatoms. The predicted molar refractivity (Wildman–Crippen MR) is 146 cm³/mol. The lowest BCUT2D eigenvalue weighted by atomic mass is 9.84. The summed E-state index contributed by atoms with van der Waals surface area (Å²) in [4.78, 5) is 0. The van der Waals surface area contributed by atoms with E-state index >= 15 is 0 Å². The minimum Gasteiger partial charge on any atom is -0.508 e. The second-order valence-electron chi connectivity index (χ2n) is 9.81. The van der Waals surface area contributed by atoms with Gasteiger partial charge in [-0.05, 0) is 77.9 Å². The fourth-order valence-corrected chi connectivity index (χ4v) is 4.20. The summed E-state index contributed by atoms with van der Waals surface area (Å²) in [5, 5.41) is 18.9. The van der Waals surface area contributed by atoms with E-state index in [0.717, 1.165) is 15.6 Å². The van der Waals surface area contributed by atoms with Crippen LogP contribution in [0.1, 0.15) is 54.7 Å². The number of hydrogen-bond acceptors (Lipinski definition) is 2. The van der Waals surface area contributed by atoms with E-state index in [1.54, 1.807) is 18.2 Å². The van der Waals surface area contributed by atoms with Gasteiger partial charge in [0.25, 0.3) is 0 Å². The maximum absolute atomic E-state index is 9.66. The van der Waals surface area contributed by atoms with E-state index < -0.39 is 0 Å². The monoisotopic (exact) mass is 456 g/mol. The van der Waals surface area contributed by atoms with Gasteiger partial charge in [-0.15, -0.1) is 0 Å². The van der Waals surface area contributed by atoms with Crippen LogP contribution in [0.15, 0.2) is 84.9 Å². The molecule has 0 unspecified atom stereocenters. The Balaban J connectivity index is 0.000000212. The molecule has 0 radical (unpaired) electrons. The number of phenolic OH excluding ortho intramolecular Hbond substituents is 2. The van der Waals surface area contributed by atoms with Crippen LogP contribution in [0.4, 0.5) is 5.69 Å². The van der Waals surface area contributed by atoms with Gasteiger partial charge in [0, 0.05) is 0 Å². The molecule has 0 bridgehead atoms. The highest BCUT2D eigenvalue weighted by molar-refractivity contribution is 5.59. The number of rotatable bonds is 5. The number of nitrogens with zero attached hydrogens (tertiary/aromatic N) is 1. The van der Waals surface area contributed by atoms with Crippen molar-refractivity contribution in [1.29, 1.82) is 0 Å². The van der Waals surface area contributed by atoms with E-state index in [4.69, 9.17) is 0 Å². The van der Waals surface area contributed by atoms with Crippen LogP contribution in [0.25, 0.3) is 12.2 Å². The molecular weight excluding hydrogens is 418 g/mol. The molecule has 1 aliphatic rings. The third-order valence-corrected chi connectivity index (χ3v) is 6.23. The minimum atomic E-state index is 0.292. The Morgan fingerprint density at radius 3 is 1.74 bits per heavy atom. The predicted octanol–water partition coefficient (Wildman–Crippen LogP) is 7.76. The number of quaternary nitrogens is 1. The van der Waals surface area contributed by atoms with Crippen LogP contribution in [-0.2, 0) is 0 Å². The molecule has 0 atom stereocenters. The lowest BCUT2D eigenvalue weighted by Gasteiger charge is -2.23. The first-order chi connectivity index (χ1) is 16.3. The van der Waals surface area contributed by atoms with Crippen molar-refractivity contribution < 1.29 is 10.2 Å². The Labute approximate surface area is 204 Å². The van der Waals surface area contributed by atoms with Gasteiger partial charge >= 0.3 is 0 Å². The molecule has 0 amide bonds. The van der Waals surface area contributed by atoms with Crippen molar-refractivity contribution in [3.8, 4) is 11.5 Å². The fraction of sp³-hybridized carbons (Fsp3) is 0.290. The van der Waals surface area contributed by atoms with E-state index in [2.05, 4.69) is 57.6 Å². The van der Waals surface area contributed by atoms with Gasteiger partial charge in [-0.3, -0.25) is 4.48 Å². The minimum absolute atomic E-state index is 0.292. The summed E-state index contributed by atoms with van der Waals surface area (Å²) in [5.74, 6) is 1.38. The van der Waals surface area contributed by atoms with Crippen LogP contribution in [0.3, 0.4) is 0 Å². The highest BCUT2D eigenvalue weighted by Crippen LogP contribution is 2.36. The number of hydrogen-bond donors (Lipinski definition) is 2. The van der Waals surface area contributed by atoms with Crippen molar-refractivity contribution in [2.75, 3.05) is 21.1 Å². The quantitative estimate of drug-likeness (QED) is 0.304. The van der Waals surface area contributed by atoms with E-state index in [1.165, 1.54) is 43.4 Å². The Morgan fingerprint density at radius 1 is 0.676 bits per heavy atom. The first-order valence-electron chi connectivity index (χ1n) is 12.2. The second kappa shape index (κ2) is 12.2. The summed E-state index contributed by atoms with van der Waals surface area (Å²) in [5.41, 5.74) is 4.69. The van der Waals surface area contributed by atoms with E-state index in [1.807, 2.05) is 42.5 Å². The van der Waals surface area contributed by atoms with Gasteiger partial charge in [0.2, 0.25) is 0 Å². The van der Waals surface area contributed by atoms with Crippen molar-refractivity contribution >= 4 is 17.8 Å². The number of phenols is 2. The zero-order valence-electron chi connectivity index (χ0n) is 20.7. The number of allylic oxidation sites excluding steroid dienone is 2. The van der Waals surface area contributed by atoms with Gasteiger partial charge < -0.3 is 10.2 Å². The maximum atomic E-state index is 9.66. The van der Waals surface area contributed by atoms with Crippen molar-refractivity contribution in [3.63, 3.8) is 0 Å². The molecule has 3 nitrogen and oxygen atoms in total. The first kappa shape index (κ1) is 25.3. The van der Waals surface area contributed by atoms with Gasteiger partial charge in [-0.25, -0.2) is 0 Å². The molecule has 34 heavy (non-hydrogen) atoms. The molecular formula is C31H38NO2+. The summed E-state index contributed by atoms with van der Waals surface area (Å²) < 4.78 is 0.824. The normalized spacial score (nSPS) is 14.8. The fourth-order valence-electron chi connectivity index (χ4n) is 4.20. The number of aromatic hydroxyl groups is 2. The van der Waals surface area contributed by atoms with Crippen LogP contribution < -0.4 is 4.48 Å². The zero-order chi connectivity index (χ0) is 24.4. The van der Waals surface area contributed by atoms with Crippen molar-refractivity contribution in [1.82, 2.24) is 4.48 Å². The standard InChI is InChI=1S/C19H21NO.C12H16O/c1-20(2,3)18-12-8-16(9-13-18)6-4-5-7-17-10-14-19(21)15-11-17;13-12-9-5-4-8-11(12)10-6-2-1-3-7-10/h4-15H,1-3H3;4-5,8-10,13H,1-3,6-7H2/p+1/b6-4+,7-5+;. The molecule has 0 heterocycles. The highest BCUT2D eigenvalue weighted by atomic mass is 16.3. The summed E-state index contributed by atoms with van der Waals surface area (Å²) >= 11 is 0. The average Bonchev–Trinajstić information content (AvgIpc) is 2.84. The molecule has 3 aromatic carbocycles. The van der Waals surface area contributed by atoms with E-state index in [9.17, 15) is 10.2 Å². The summed E-state index contributed by atoms with van der Waals surface area (Å²) in [6.07, 6.45) is 14.6. The van der Waals surface area contributed by atoms with E-state index in [-0.39, 0.29) is 0 Å². The number of para-hydroxylation sites is 1. The second-order valence-corrected chi connectivity index (χ2v) is 9.81. The molecule has 4 rings (SSSR count). The molecule has 178 valence electrons. The molecule has 0 spiro atoms. The Hall–Kier alpha value is -3.30. The van der Waals surface area contributed by atoms with Crippen LogP contribution >= 0.6 is 0 Å². The molecule has 1 fully saturated rings. The van der Waals surface area contributed by atoms with Gasteiger partial charge in [0.1, 0.15) is 17.2 Å². The molecule has 0 aliphatic heterocycles. The molecule has 3 aromatic rings. The Morgan fingerprint density at radius 2 is 1.21 bits per heavy atom. The van der Waals surface area contributed by atoms with E-state index in [0.29, 0.717) is 17.4 Å². The van der Waals surface area contributed by atoms with Crippen molar-refractivity contribution in [2.24, 2.45) is 0 Å². The van der Waals surface area contributed by atoms with Crippen molar-refractivity contribution in [3.05, 3.63) is 102 Å². The van der Waals surface area contributed by atoms with Crippen LogP contribution in [0, 0.1) is 0 Å². The summed E-state index contributed by atoms with van der Waals surface area (Å²) in [7, 11) is 6.47. The molecule has 0 saturated heterocycles. The zero-order valence-corrected chi connectivity index (χ0v) is 20.7. The molecule has 2 N–H and O–H groups in total. The summed E-state index contributed by atoms with van der Waals surface area (Å²) in [6, 6.07) is 23.5. The first-order valence-corrected chi connectivity index (χ1v) is 12.2. The van der Waals surface area contributed by atoms with Gasteiger partial charge in [0.05, 0.1) is 21.1 Å². The highest BCUT2D eigenvalue weighted by Gasteiger charge is 2.17. The lowest BCUT2D eigenvalue weighted by Crippen LogP contribution is -2.34. The van der Waals surface area contributed by atoms with Gasteiger partial charge in [-0.2, -0.15) is 0 Å². The van der Waals surface area contributed by atoms with Crippen LogP contribution in [0.5, 0.6) is 11.5 Å². The van der Waals surface area contributed by atoms with Crippen molar-refractivity contribution in [2.45, 2.75) is 38.0 Å². The third-order valence-electron chi connectivity index (χ3n) is 6.23. The summed E-state index contributed by atoms with van der Waals surface area (Å²) in [6.45, 7) is 0. The Bertz CT molecular complexity index is 1070. The Kier molecular flexibility index (Phi) is 9.12. The topological polar surface area (TPSA) is 40.5 Å². The van der Waals surface area contributed by atoms with Gasteiger partial charge in [-0.1, -0.05) is 73.9 Å². The van der Waals surface area contributed by atoms with Crippen LogP contribution in [0.2, 0.25) is 0 Å². The smallest absolute Gasteiger partial charge is 0.132 e. The molecule has 1 saturated carbocycles. The van der Waals surface area contributed by atoms with Crippen LogP contribution in [-0.4, -0.2) is 31.4 Å². The third kappa shape index (κ3) is 7.93. The average molecular weight is 457 g/mol. The van der Waals surface area contributed by atoms with Gasteiger partial charge in [0.15, 0.2) is 0 Å². The largest absolute Gasteiger partial charge is 0.508 e.